The van der Waals surface area contributed by atoms with E-state index in [9.17, 15) is 4.79 Å². The van der Waals surface area contributed by atoms with Gasteiger partial charge in [0.25, 0.3) is 0 Å². The van der Waals surface area contributed by atoms with Crippen LogP contribution in [0.2, 0.25) is 10.0 Å². The molecule has 0 aliphatic heterocycles. The van der Waals surface area contributed by atoms with Gasteiger partial charge in [-0.25, -0.2) is 4.79 Å². The minimum atomic E-state index is -0.673. The van der Waals surface area contributed by atoms with Crippen molar-refractivity contribution in [2.24, 2.45) is 5.73 Å². The van der Waals surface area contributed by atoms with Gasteiger partial charge in [-0.1, -0.05) is 29.3 Å². The van der Waals surface area contributed by atoms with Crippen LogP contribution in [0.5, 0.6) is 0 Å². The highest BCUT2D eigenvalue weighted by Gasteiger charge is 2.12. The standard InChI is InChI=1S/C9H10Cl2N2O2/c1-15-8(13-9(12)14)5-2-3-6(10)7(11)4-5/h2-4,8H,1H3,(H3,12,13,14). The molecular weight excluding hydrogens is 239 g/mol. The normalized spacial score (nSPS) is 12.2. The second kappa shape index (κ2) is 5.21. The molecule has 0 saturated heterocycles. The fourth-order valence-electron chi connectivity index (χ4n) is 1.08. The van der Waals surface area contributed by atoms with Crippen molar-refractivity contribution in [2.75, 3.05) is 7.11 Å². The Labute approximate surface area is 97.3 Å². The molecule has 0 aliphatic rings. The Morgan fingerprint density at radius 2 is 2.13 bits per heavy atom. The Kier molecular flexibility index (Phi) is 4.20. The number of halogens is 2. The molecular formula is C9H10Cl2N2O2. The monoisotopic (exact) mass is 248 g/mol. The van der Waals surface area contributed by atoms with Crippen LogP contribution in [0.15, 0.2) is 18.2 Å². The summed E-state index contributed by atoms with van der Waals surface area (Å²) >= 11 is 11.6. The number of amides is 2. The molecule has 0 aliphatic carbocycles. The number of carbonyl (C=O) groups is 1. The van der Waals surface area contributed by atoms with Gasteiger partial charge < -0.3 is 15.8 Å². The summed E-state index contributed by atoms with van der Waals surface area (Å²) in [6, 6.07) is 4.24. The van der Waals surface area contributed by atoms with Crippen LogP contribution >= 0.6 is 23.2 Å². The molecule has 1 aromatic rings. The van der Waals surface area contributed by atoms with Gasteiger partial charge in [0, 0.05) is 12.7 Å². The van der Waals surface area contributed by atoms with Gasteiger partial charge in [-0.15, -0.1) is 0 Å². The van der Waals surface area contributed by atoms with Gasteiger partial charge in [0.1, 0.15) is 0 Å². The summed E-state index contributed by atoms with van der Waals surface area (Å²) in [7, 11) is 1.45. The molecule has 1 atom stereocenters. The minimum Gasteiger partial charge on any atom is -0.357 e. The van der Waals surface area contributed by atoms with Crippen LogP contribution in [-0.4, -0.2) is 13.1 Å². The second-order valence-corrected chi connectivity index (χ2v) is 3.61. The number of primary amides is 1. The van der Waals surface area contributed by atoms with Crippen molar-refractivity contribution in [3.8, 4) is 0 Å². The summed E-state index contributed by atoms with van der Waals surface area (Å²) in [6.45, 7) is 0. The molecule has 4 nitrogen and oxygen atoms in total. The van der Waals surface area contributed by atoms with E-state index in [0.717, 1.165) is 0 Å². The molecule has 0 bridgehead atoms. The third kappa shape index (κ3) is 3.27. The van der Waals surface area contributed by atoms with E-state index >= 15 is 0 Å². The van der Waals surface area contributed by atoms with Crippen LogP contribution in [-0.2, 0) is 4.74 Å². The maximum absolute atomic E-state index is 10.7. The second-order valence-electron chi connectivity index (χ2n) is 2.80. The molecule has 82 valence electrons. The zero-order valence-corrected chi connectivity index (χ0v) is 9.47. The SMILES string of the molecule is COC(NC(N)=O)c1ccc(Cl)c(Cl)c1. The molecule has 0 heterocycles. The number of methoxy groups -OCH3 is 1. The highest BCUT2D eigenvalue weighted by Crippen LogP contribution is 2.25. The van der Waals surface area contributed by atoms with Crippen LogP contribution in [0.4, 0.5) is 4.79 Å². The van der Waals surface area contributed by atoms with Crippen LogP contribution in [0.25, 0.3) is 0 Å². The summed E-state index contributed by atoms with van der Waals surface area (Å²) < 4.78 is 5.03. The van der Waals surface area contributed by atoms with E-state index < -0.39 is 12.3 Å². The Balaban J connectivity index is 2.92. The maximum Gasteiger partial charge on any atom is 0.314 e. The summed E-state index contributed by atoms with van der Waals surface area (Å²) in [6.07, 6.45) is -0.628. The molecule has 1 unspecified atom stereocenters. The van der Waals surface area contributed by atoms with Crippen LogP contribution < -0.4 is 11.1 Å². The number of hydrogen-bond donors (Lipinski definition) is 2. The third-order valence-corrected chi connectivity index (χ3v) is 2.49. The molecule has 0 saturated carbocycles. The van der Waals surface area contributed by atoms with Gasteiger partial charge in [0.15, 0.2) is 6.23 Å². The molecule has 0 radical (unpaired) electrons. The quantitative estimate of drug-likeness (QED) is 0.807. The Morgan fingerprint density at radius 1 is 1.47 bits per heavy atom. The van der Waals surface area contributed by atoms with Crippen molar-refractivity contribution in [2.45, 2.75) is 6.23 Å². The number of nitrogens with two attached hydrogens (primary N) is 1. The number of hydrogen-bond acceptors (Lipinski definition) is 2. The Bertz CT molecular complexity index is 371. The largest absolute Gasteiger partial charge is 0.357 e. The lowest BCUT2D eigenvalue weighted by atomic mass is 10.2. The number of urea groups is 1. The molecule has 15 heavy (non-hydrogen) atoms. The highest BCUT2D eigenvalue weighted by atomic mass is 35.5. The molecule has 0 spiro atoms. The van der Waals surface area contributed by atoms with E-state index in [1.54, 1.807) is 18.2 Å². The average molecular weight is 249 g/mol. The highest BCUT2D eigenvalue weighted by molar-refractivity contribution is 6.42. The van der Waals surface area contributed by atoms with E-state index in [1.165, 1.54) is 7.11 Å². The number of ether oxygens (including phenoxy) is 1. The van der Waals surface area contributed by atoms with Gasteiger partial charge in [0.05, 0.1) is 10.0 Å². The first-order valence-electron chi connectivity index (χ1n) is 4.08. The van der Waals surface area contributed by atoms with Crippen molar-refractivity contribution in [3.63, 3.8) is 0 Å². The fourth-order valence-corrected chi connectivity index (χ4v) is 1.39. The average Bonchev–Trinajstić information content (AvgIpc) is 2.18. The molecule has 0 fully saturated rings. The van der Waals surface area contributed by atoms with Crippen LogP contribution in [0, 0.1) is 0 Å². The summed E-state index contributed by atoms with van der Waals surface area (Å²) in [4.78, 5) is 10.7. The lowest BCUT2D eigenvalue weighted by Gasteiger charge is -2.16. The van der Waals surface area contributed by atoms with Crippen molar-refractivity contribution in [3.05, 3.63) is 33.8 Å². The van der Waals surface area contributed by atoms with E-state index in [4.69, 9.17) is 33.7 Å². The van der Waals surface area contributed by atoms with Gasteiger partial charge in [-0.05, 0) is 12.1 Å². The van der Waals surface area contributed by atoms with E-state index in [1.807, 2.05) is 0 Å². The predicted octanol–water partition coefficient (Wildman–Crippen LogP) is 2.31. The number of benzene rings is 1. The van der Waals surface area contributed by atoms with E-state index in [0.29, 0.717) is 15.6 Å². The zero-order chi connectivity index (χ0) is 11.4. The van der Waals surface area contributed by atoms with Crippen molar-refractivity contribution < 1.29 is 9.53 Å². The number of rotatable bonds is 3. The predicted molar refractivity (Wildman–Crippen MR) is 58.9 cm³/mol. The zero-order valence-electron chi connectivity index (χ0n) is 7.96. The molecule has 0 aromatic heterocycles. The van der Waals surface area contributed by atoms with Crippen LogP contribution in [0.1, 0.15) is 11.8 Å². The van der Waals surface area contributed by atoms with Crippen LogP contribution in [0.3, 0.4) is 0 Å². The minimum absolute atomic E-state index is 0.391. The summed E-state index contributed by atoms with van der Waals surface area (Å²) in [5.41, 5.74) is 5.66. The van der Waals surface area contributed by atoms with Gasteiger partial charge in [-0.2, -0.15) is 0 Å². The van der Waals surface area contributed by atoms with E-state index in [2.05, 4.69) is 5.32 Å². The van der Waals surface area contributed by atoms with Crippen molar-refractivity contribution >= 4 is 29.2 Å². The third-order valence-electron chi connectivity index (χ3n) is 1.76. The maximum atomic E-state index is 10.7. The lowest BCUT2D eigenvalue weighted by molar-refractivity contribution is 0.0827. The number of nitrogens with one attached hydrogen (secondary N) is 1. The Hall–Kier alpha value is -0.970. The topological polar surface area (TPSA) is 64.3 Å². The van der Waals surface area contributed by atoms with Crippen molar-refractivity contribution in [1.29, 1.82) is 0 Å². The first kappa shape index (κ1) is 12.1. The summed E-state index contributed by atoms with van der Waals surface area (Å²) in [5, 5.41) is 3.24. The Morgan fingerprint density at radius 3 is 2.60 bits per heavy atom. The van der Waals surface area contributed by atoms with Crippen molar-refractivity contribution in [1.82, 2.24) is 5.32 Å². The molecule has 6 heteroatoms. The fraction of sp³-hybridized carbons (Fsp3) is 0.222. The molecule has 3 N–H and O–H groups in total. The van der Waals surface area contributed by atoms with Gasteiger partial charge >= 0.3 is 6.03 Å². The first-order chi connectivity index (χ1) is 7.04. The van der Waals surface area contributed by atoms with E-state index in [-0.39, 0.29) is 0 Å². The number of carbonyl (C=O) groups excluding carboxylic acids is 1. The molecule has 1 rings (SSSR count). The van der Waals surface area contributed by atoms with Gasteiger partial charge in [-0.3, -0.25) is 0 Å². The molecule has 1 aromatic carbocycles. The summed E-state index contributed by atoms with van der Waals surface area (Å²) in [5.74, 6) is 0. The lowest BCUT2D eigenvalue weighted by Crippen LogP contribution is -2.34. The smallest absolute Gasteiger partial charge is 0.314 e. The molecule has 2 amide bonds. The van der Waals surface area contributed by atoms with Gasteiger partial charge in [0.2, 0.25) is 0 Å². The first-order valence-corrected chi connectivity index (χ1v) is 4.84.